The van der Waals surface area contributed by atoms with E-state index in [1.807, 2.05) is 72.4 Å². The first-order valence-corrected chi connectivity index (χ1v) is 10.3. The van der Waals surface area contributed by atoms with Gasteiger partial charge in [0, 0.05) is 13.2 Å². The molecule has 7 nitrogen and oxygen atoms in total. The lowest BCUT2D eigenvalue weighted by Gasteiger charge is -2.12. The van der Waals surface area contributed by atoms with Crippen LogP contribution in [0.2, 0.25) is 0 Å². The number of benzene rings is 2. The molecule has 150 valence electrons. The normalized spacial score (nSPS) is 11.2. The van der Waals surface area contributed by atoms with Crippen LogP contribution < -0.4 is 11.0 Å². The maximum atomic E-state index is 13.1. The Morgan fingerprint density at radius 1 is 1.10 bits per heavy atom. The number of rotatable bonds is 6. The number of fused-ring (bicyclic) bond motifs is 1. The smallest absolute Gasteiger partial charge is 0.266 e. The van der Waals surface area contributed by atoms with Crippen molar-refractivity contribution >= 4 is 34.8 Å². The minimum Gasteiger partial charge on any atom is -0.350 e. The fraction of sp³-hybridized carbons (Fsp3) is 0.0909. The number of aryl methyl sites for hydroxylation is 1. The summed E-state index contributed by atoms with van der Waals surface area (Å²) in [5, 5.41) is 4.97. The number of para-hydroxylation sites is 2. The van der Waals surface area contributed by atoms with E-state index in [0.717, 1.165) is 5.69 Å². The largest absolute Gasteiger partial charge is 0.350 e. The van der Waals surface area contributed by atoms with E-state index in [2.05, 4.69) is 15.5 Å². The van der Waals surface area contributed by atoms with Crippen molar-refractivity contribution in [2.24, 2.45) is 12.1 Å². The Morgan fingerprint density at radius 2 is 1.87 bits per heavy atom. The number of nitrogens with zero attached hydrogens (tertiary/aromatic N) is 4. The van der Waals surface area contributed by atoms with Crippen molar-refractivity contribution in [3.05, 3.63) is 89.0 Å². The van der Waals surface area contributed by atoms with E-state index in [0.29, 0.717) is 21.7 Å². The first kappa shape index (κ1) is 19.7. The lowest BCUT2D eigenvalue weighted by Crippen LogP contribution is -2.24. The van der Waals surface area contributed by atoms with Gasteiger partial charge in [-0.05, 0) is 36.4 Å². The molecule has 0 fully saturated rings. The Bertz CT molecular complexity index is 1280. The van der Waals surface area contributed by atoms with Gasteiger partial charge >= 0.3 is 0 Å². The number of aromatic nitrogens is 3. The molecule has 0 atom stereocenters. The highest BCUT2D eigenvalue weighted by Gasteiger charge is 2.14. The van der Waals surface area contributed by atoms with Crippen LogP contribution in [-0.4, -0.2) is 32.0 Å². The SMILES string of the molecule is Cn1cccc1C=NNC(=O)CSc1nc2ccccc2c(=O)n1-c1ccccc1. The summed E-state index contributed by atoms with van der Waals surface area (Å²) in [6, 6.07) is 20.3. The maximum absolute atomic E-state index is 13.1. The maximum Gasteiger partial charge on any atom is 0.266 e. The van der Waals surface area contributed by atoms with E-state index in [1.54, 1.807) is 18.3 Å². The molecule has 2 heterocycles. The number of hydrogen-bond acceptors (Lipinski definition) is 5. The fourth-order valence-electron chi connectivity index (χ4n) is 2.96. The lowest BCUT2D eigenvalue weighted by molar-refractivity contribution is -0.118. The molecule has 4 aromatic rings. The second kappa shape index (κ2) is 8.79. The van der Waals surface area contributed by atoms with Gasteiger partial charge in [-0.25, -0.2) is 10.4 Å². The van der Waals surface area contributed by atoms with E-state index in [-0.39, 0.29) is 17.2 Å². The average Bonchev–Trinajstić information content (AvgIpc) is 3.17. The van der Waals surface area contributed by atoms with Crippen LogP contribution in [0.3, 0.4) is 0 Å². The molecule has 0 saturated carbocycles. The Kier molecular flexibility index (Phi) is 5.76. The van der Waals surface area contributed by atoms with Gasteiger partial charge in [-0.15, -0.1) is 0 Å². The molecule has 2 aromatic carbocycles. The van der Waals surface area contributed by atoms with E-state index >= 15 is 0 Å². The number of carbonyl (C=O) groups excluding carboxylic acids is 1. The van der Waals surface area contributed by atoms with E-state index in [9.17, 15) is 9.59 Å². The zero-order chi connectivity index (χ0) is 20.9. The molecule has 0 saturated heterocycles. The molecule has 0 aliphatic carbocycles. The molecular formula is C22H19N5O2S. The van der Waals surface area contributed by atoms with Gasteiger partial charge in [0.15, 0.2) is 5.16 Å². The Morgan fingerprint density at radius 3 is 2.63 bits per heavy atom. The molecule has 2 aromatic heterocycles. The predicted octanol–water partition coefficient (Wildman–Crippen LogP) is 2.97. The third-order valence-electron chi connectivity index (χ3n) is 4.46. The topological polar surface area (TPSA) is 81.3 Å². The van der Waals surface area contributed by atoms with Crippen LogP contribution in [0.4, 0.5) is 0 Å². The minimum absolute atomic E-state index is 0.0715. The molecule has 1 amide bonds. The second-order valence-electron chi connectivity index (χ2n) is 6.51. The summed E-state index contributed by atoms with van der Waals surface area (Å²) >= 11 is 1.19. The molecule has 8 heteroatoms. The van der Waals surface area contributed by atoms with Crippen LogP contribution >= 0.6 is 11.8 Å². The van der Waals surface area contributed by atoms with Gasteiger partial charge in [0.05, 0.1) is 34.3 Å². The molecule has 30 heavy (non-hydrogen) atoms. The van der Waals surface area contributed by atoms with Gasteiger partial charge in [-0.3, -0.25) is 14.2 Å². The molecule has 0 bridgehead atoms. The van der Waals surface area contributed by atoms with Crippen LogP contribution in [0.15, 0.2) is 88.0 Å². The van der Waals surface area contributed by atoms with Crippen LogP contribution in [0.1, 0.15) is 5.69 Å². The van der Waals surface area contributed by atoms with Crippen LogP contribution in [-0.2, 0) is 11.8 Å². The third kappa shape index (κ3) is 4.18. The highest BCUT2D eigenvalue weighted by atomic mass is 32.2. The molecule has 0 aliphatic rings. The van der Waals surface area contributed by atoms with Gasteiger partial charge in [0.25, 0.3) is 11.5 Å². The zero-order valence-corrected chi connectivity index (χ0v) is 17.0. The lowest BCUT2D eigenvalue weighted by atomic mass is 10.2. The fourth-order valence-corrected chi connectivity index (χ4v) is 3.76. The molecule has 0 unspecified atom stereocenters. The van der Waals surface area contributed by atoms with Crippen molar-refractivity contribution in [3.8, 4) is 5.69 Å². The van der Waals surface area contributed by atoms with Crippen molar-refractivity contribution in [3.63, 3.8) is 0 Å². The van der Waals surface area contributed by atoms with Gasteiger partial charge in [0.2, 0.25) is 0 Å². The first-order chi connectivity index (χ1) is 14.6. The molecular weight excluding hydrogens is 398 g/mol. The van der Waals surface area contributed by atoms with Crippen molar-refractivity contribution in [1.82, 2.24) is 19.5 Å². The molecule has 4 rings (SSSR count). The van der Waals surface area contributed by atoms with Gasteiger partial charge in [0.1, 0.15) is 0 Å². The standard InChI is InChI=1S/C22H19N5O2S/c1-26-13-7-10-17(26)14-23-25-20(28)15-30-22-24-19-12-6-5-11-18(19)21(29)27(22)16-8-3-2-4-9-16/h2-14H,15H2,1H3,(H,25,28). The summed E-state index contributed by atoms with van der Waals surface area (Å²) in [6.07, 6.45) is 3.48. The van der Waals surface area contributed by atoms with E-state index in [1.165, 1.54) is 16.3 Å². The highest BCUT2D eigenvalue weighted by Crippen LogP contribution is 2.21. The van der Waals surface area contributed by atoms with Gasteiger partial charge < -0.3 is 4.57 Å². The van der Waals surface area contributed by atoms with Gasteiger partial charge in [-0.1, -0.05) is 42.1 Å². The summed E-state index contributed by atoms with van der Waals surface area (Å²) < 4.78 is 3.43. The summed E-state index contributed by atoms with van der Waals surface area (Å²) in [6.45, 7) is 0. The minimum atomic E-state index is -0.285. The predicted molar refractivity (Wildman–Crippen MR) is 119 cm³/mol. The number of amides is 1. The molecule has 1 N–H and O–H groups in total. The number of thioether (sulfide) groups is 1. The third-order valence-corrected chi connectivity index (χ3v) is 5.40. The zero-order valence-electron chi connectivity index (χ0n) is 16.2. The van der Waals surface area contributed by atoms with Crippen LogP contribution in [0.5, 0.6) is 0 Å². The summed E-state index contributed by atoms with van der Waals surface area (Å²) in [7, 11) is 1.90. The summed E-state index contributed by atoms with van der Waals surface area (Å²) in [4.78, 5) is 30.0. The second-order valence-corrected chi connectivity index (χ2v) is 7.46. The molecule has 0 aliphatic heterocycles. The molecule has 0 spiro atoms. The Hall–Kier alpha value is -3.65. The first-order valence-electron chi connectivity index (χ1n) is 9.27. The Labute approximate surface area is 177 Å². The number of nitrogens with one attached hydrogen (secondary N) is 1. The number of hydrogen-bond donors (Lipinski definition) is 1. The highest BCUT2D eigenvalue weighted by molar-refractivity contribution is 7.99. The van der Waals surface area contributed by atoms with E-state index in [4.69, 9.17) is 0 Å². The van der Waals surface area contributed by atoms with Crippen molar-refractivity contribution in [2.45, 2.75) is 5.16 Å². The van der Waals surface area contributed by atoms with Crippen molar-refractivity contribution < 1.29 is 4.79 Å². The molecule has 0 radical (unpaired) electrons. The quantitative estimate of drug-likeness (QED) is 0.226. The number of carbonyl (C=O) groups is 1. The van der Waals surface area contributed by atoms with Crippen LogP contribution in [0.25, 0.3) is 16.6 Å². The summed E-state index contributed by atoms with van der Waals surface area (Å²) in [5.41, 5.74) is 4.51. The van der Waals surface area contributed by atoms with Crippen molar-refractivity contribution in [2.75, 3.05) is 5.75 Å². The van der Waals surface area contributed by atoms with Crippen LogP contribution in [0, 0.1) is 0 Å². The van der Waals surface area contributed by atoms with E-state index < -0.39 is 0 Å². The summed E-state index contributed by atoms with van der Waals surface area (Å²) in [5.74, 6) is -0.213. The van der Waals surface area contributed by atoms with Crippen molar-refractivity contribution in [1.29, 1.82) is 0 Å². The Balaban J connectivity index is 1.57. The average molecular weight is 417 g/mol. The van der Waals surface area contributed by atoms with Gasteiger partial charge in [-0.2, -0.15) is 5.10 Å². The monoisotopic (exact) mass is 417 g/mol. The number of hydrazone groups is 1.